The first kappa shape index (κ1) is 7.83. The molecule has 0 radical (unpaired) electrons. The van der Waals surface area contributed by atoms with Crippen LogP contribution >= 0.6 is 10.5 Å². The summed E-state index contributed by atoms with van der Waals surface area (Å²) in [5.41, 5.74) is 1.24. The van der Waals surface area contributed by atoms with Gasteiger partial charge < -0.3 is 5.32 Å². The fraction of sp³-hybridized carbons (Fsp3) is 0.222. The highest BCUT2D eigenvalue weighted by Gasteiger charge is 2.14. The number of nitrogens with one attached hydrogen (secondary N) is 2. The summed E-state index contributed by atoms with van der Waals surface area (Å²) in [4.78, 5) is 1.40. The van der Waals surface area contributed by atoms with Gasteiger partial charge in [0.2, 0.25) is 0 Å². The van der Waals surface area contributed by atoms with E-state index in [1.165, 1.54) is 15.7 Å². The van der Waals surface area contributed by atoms with E-state index >= 15 is 0 Å². The third-order valence-electron chi connectivity index (χ3n) is 2.00. The van der Waals surface area contributed by atoms with Gasteiger partial charge in [-0.05, 0) is 25.4 Å². The summed E-state index contributed by atoms with van der Waals surface area (Å²) in [5.74, 6) is 0. The van der Waals surface area contributed by atoms with Crippen LogP contribution in [0.3, 0.4) is 0 Å². The van der Waals surface area contributed by atoms with Crippen LogP contribution in [-0.2, 0) is 0 Å². The lowest BCUT2D eigenvalue weighted by Crippen LogP contribution is -2.23. The molecule has 64 valence electrons. The van der Waals surface area contributed by atoms with Crippen LogP contribution in [0, 0.1) is 0 Å². The maximum atomic E-state index is 3.35. The van der Waals surface area contributed by atoms with Crippen molar-refractivity contribution in [2.24, 2.45) is 0 Å². The van der Waals surface area contributed by atoms with E-state index in [4.69, 9.17) is 0 Å². The highest BCUT2D eigenvalue weighted by atomic mass is 32.2. The van der Waals surface area contributed by atoms with Crippen molar-refractivity contribution in [1.82, 2.24) is 5.32 Å². The topological polar surface area (TPSA) is 24.1 Å². The van der Waals surface area contributed by atoms with Crippen LogP contribution in [0.5, 0.6) is 0 Å². The van der Waals surface area contributed by atoms with Crippen molar-refractivity contribution >= 4 is 21.3 Å². The molecule has 1 heterocycles. The predicted octanol–water partition coefficient (Wildman–Crippen LogP) is 1.68. The van der Waals surface area contributed by atoms with Gasteiger partial charge in [0.15, 0.2) is 0 Å². The largest absolute Gasteiger partial charge is 0.340 e. The normalized spacial score (nSPS) is 20.5. The molecule has 2 nitrogen and oxygen atoms in total. The molecule has 0 aliphatic carbocycles. The first-order valence-electron chi connectivity index (χ1n) is 3.89. The Morgan fingerprint density at radius 3 is 2.75 bits per heavy atom. The van der Waals surface area contributed by atoms with Crippen molar-refractivity contribution in [3.63, 3.8) is 0 Å². The summed E-state index contributed by atoms with van der Waals surface area (Å²) in [6, 6.07) is 8.43. The number of rotatable bonds is 0. The third kappa shape index (κ3) is 1.06. The van der Waals surface area contributed by atoms with Gasteiger partial charge in [-0.25, -0.2) is 0 Å². The molecule has 0 saturated heterocycles. The summed E-state index contributed by atoms with van der Waals surface area (Å²) in [7, 11) is 2.16. The van der Waals surface area contributed by atoms with Crippen molar-refractivity contribution in [2.45, 2.75) is 4.90 Å². The van der Waals surface area contributed by atoms with Crippen LogP contribution in [0.4, 0.5) is 5.69 Å². The average molecular weight is 180 g/mol. The van der Waals surface area contributed by atoms with Crippen LogP contribution < -0.4 is 10.6 Å². The molecule has 1 aromatic rings. The first-order valence-corrected chi connectivity index (χ1v) is 5.53. The molecular formula is C9H12N2S. The molecule has 0 spiro atoms. The monoisotopic (exact) mass is 180 g/mol. The smallest absolute Gasteiger partial charge is 0.112 e. The van der Waals surface area contributed by atoms with Gasteiger partial charge in [-0.3, -0.25) is 5.32 Å². The number of hydrogen-bond donors (Lipinski definition) is 2. The summed E-state index contributed by atoms with van der Waals surface area (Å²) in [5, 5.41) is 7.75. The van der Waals surface area contributed by atoms with E-state index in [9.17, 15) is 0 Å². The molecule has 1 aromatic carbocycles. The standard InChI is InChI=1S/C9H12N2S/c1-10-9-11-7-5-3-4-6-8(7)12(9)2/h3-6,10-11H,1-2H3. The third-order valence-corrected chi connectivity index (χ3v) is 3.93. The van der Waals surface area contributed by atoms with E-state index in [0.29, 0.717) is 0 Å². The minimum atomic E-state index is 0.209. The lowest BCUT2D eigenvalue weighted by molar-refractivity contribution is 1.20. The maximum absolute atomic E-state index is 3.35. The number of para-hydroxylation sites is 1. The van der Waals surface area contributed by atoms with Gasteiger partial charge in [-0.2, -0.15) is 0 Å². The van der Waals surface area contributed by atoms with Gasteiger partial charge >= 0.3 is 0 Å². The number of benzene rings is 1. The zero-order chi connectivity index (χ0) is 8.55. The molecule has 1 aliphatic rings. The van der Waals surface area contributed by atoms with Crippen LogP contribution in [0.1, 0.15) is 0 Å². The van der Waals surface area contributed by atoms with Gasteiger partial charge in [0, 0.05) is 4.90 Å². The SMILES string of the molecule is CNC1=S(C)c2ccccc2N1. The molecule has 2 N–H and O–H groups in total. The molecule has 12 heavy (non-hydrogen) atoms. The van der Waals surface area contributed by atoms with Crippen molar-refractivity contribution in [3.8, 4) is 0 Å². The Balaban J connectivity index is 2.50. The molecule has 0 amide bonds. The van der Waals surface area contributed by atoms with Gasteiger partial charge in [0.1, 0.15) is 5.11 Å². The van der Waals surface area contributed by atoms with Crippen LogP contribution in [0.2, 0.25) is 0 Å². The number of hydrogen-bond acceptors (Lipinski definition) is 2. The van der Waals surface area contributed by atoms with E-state index in [0.717, 1.165) is 0 Å². The zero-order valence-corrected chi connectivity index (χ0v) is 8.03. The Labute approximate surface area is 74.9 Å². The summed E-state index contributed by atoms with van der Waals surface area (Å²) in [6.07, 6.45) is 2.23. The lowest BCUT2D eigenvalue weighted by atomic mass is 10.3. The number of anilines is 1. The second-order valence-electron chi connectivity index (χ2n) is 2.71. The molecular weight excluding hydrogens is 168 g/mol. The van der Waals surface area contributed by atoms with E-state index in [1.807, 2.05) is 7.05 Å². The Morgan fingerprint density at radius 1 is 1.33 bits per heavy atom. The van der Waals surface area contributed by atoms with E-state index in [-0.39, 0.29) is 10.5 Å². The molecule has 3 heteroatoms. The van der Waals surface area contributed by atoms with Gasteiger partial charge in [-0.1, -0.05) is 12.1 Å². The quantitative estimate of drug-likeness (QED) is 0.594. The summed E-state index contributed by atoms with van der Waals surface area (Å²) >= 11 is 0. The Morgan fingerprint density at radius 2 is 2.08 bits per heavy atom. The van der Waals surface area contributed by atoms with Crippen molar-refractivity contribution in [1.29, 1.82) is 0 Å². The van der Waals surface area contributed by atoms with Crippen molar-refractivity contribution < 1.29 is 0 Å². The zero-order valence-electron chi connectivity index (χ0n) is 7.22. The van der Waals surface area contributed by atoms with Crippen LogP contribution in [0.15, 0.2) is 29.2 Å². The van der Waals surface area contributed by atoms with E-state index in [2.05, 4.69) is 41.2 Å². The van der Waals surface area contributed by atoms with E-state index in [1.54, 1.807) is 0 Å². The molecule has 0 fully saturated rings. The first-order chi connectivity index (χ1) is 5.83. The molecule has 1 aliphatic heterocycles. The predicted molar refractivity (Wildman–Crippen MR) is 55.9 cm³/mol. The molecule has 1 atom stereocenters. The van der Waals surface area contributed by atoms with Crippen LogP contribution in [0.25, 0.3) is 0 Å². The second kappa shape index (κ2) is 2.92. The Hall–Kier alpha value is -0.800. The van der Waals surface area contributed by atoms with Gasteiger partial charge in [0.05, 0.1) is 5.69 Å². The Bertz CT molecular complexity index is 344. The average Bonchev–Trinajstić information content (AvgIpc) is 2.44. The Kier molecular flexibility index (Phi) is 1.90. The van der Waals surface area contributed by atoms with Crippen LogP contribution in [-0.4, -0.2) is 18.4 Å². The van der Waals surface area contributed by atoms with Crippen molar-refractivity contribution in [2.75, 3.05) is 18.6 Å². The minimum absolute atomic E-state index is 0.209. The fourth-order valence-electron chi connectivity index (χ4n) is 1.36. The molecule has 0 saturated carbocycles. The van der Waals surface area contributed by atoms with Gasteiger partial charge in [0.25, 0.3) is 0 Å². The highest BCUT2D eigenvalue weighted by Crippen LogP contribution is 2.36. The highest BCUT2D eigenvalue weighted by molar-refractivity contribution is 8.16. The summed E-state index contributed by atoms with van der Waals surface area (Å²) < 4.78 is 0. The second-order valence-corrected chi connectivity index (χ2v) is 4.58. The molecule has 2 rings (SSSR count). The lowest BCUT2D eigenvalue weighted by Gasteiger charge is -2.01. The molecule has 0 bridgehead atoms. The number of fused-ring (bicyclic) bond motifs is 1. The minimum Gasteiger partial charge on any atom is -0.340 e. The molecule has 1 unspecified atom stereocenters. The fourth-order valence-corrected chi connectivity index (χ4v) is 2.88. The van der Waals surface area contributed by atoms with E-state index < -0.39 is 0 Å². The summed E-state index contributed by atoms with van der Waals surface area (Å²) in [6.45, 7) is 0. The van der Waals surface area contributed by atoms with Crippen molar-refractivity contribution in [3.05, 3.63) is 24.3 Å². The maximum Gasteiger partial charge on any atom is 0.112 e. The molecule has 0 aromatic heterocycles. The van der Waals surface area contributed by atoms with Gasteiger partial charge in [-0.15, -0.1) is 10.5 Å².